The van der Waals surface area contributed by atoms with Crippen molar-refractivity contribution in [1.29, 1.82) is 0 Å². The van der Waals surface area contributed by atoms with E-state index in [9.17, 15) is 5.11 Å². The Balaban J connectivity index is 2.87. The summed E-state index contributed by atoms with van der Waals surface area (Å²) in [5.74, 6) is 0.318. The summed E-state index contributed by atoms with van der Waals surface area (Å²) in [4.78, 5) is 4.36. The Labute approximate surface area is 89.8 Å². The summed E-state index contributed by atoms with van der Waals surface area (Å²) in [6, 6.07) is 7.44. The van der Waals surface area contributed by atoms with Crippen LogP contribution in [0, 0.1) is 10.5 Å². The molecule has 0 atom stereocenters. The number of halogens is 1. The fraction of sp³-hybridized carbons (Fsp3) is 0.100. The number of aromatic hydroxyl groups is 1. The first-order valence-corrected chi connectivity index (χ1v) is 5.01. The van der Waals surface area contributed by atoms with Gasteiger partial charge in [0.25, 0.3) is 0 Å². The molecule has 0 radical (unpaired) electrons. The van der Waals surface area contributed by atoms with Gasteiger partial charge in [-0.05, 0) is 53.8 Å². The molecule has 1 aromatic heterocycles. The van der Waals surface area contributed by atoms with Crippen molar-refractivity contribution in [2.24, 2.45) is 0 Å². The van der Waals surface area contributed by atoms with Crippen LogP contribution < -0.4 is 0 Å². The molecule has 0 spiro atoms. The number of phenolic OH excluding ortho intramolecular Hbond substituents is 1. The van der Waals surface area contributed by atoms with Gasteiger partial charge < -0.3 is 5.11 Å². The molecule has 0 bridgehead atoms. The minimum atomic E-state index is 0.318. The molecule has 2 rings (SSSR count). The van der Waals surface area contributed by atoms with Crippen molar-refractivity contribution >= 4 is 33.5 Å². The van der Waals surface area contributed by atoms with E-state index in [1.807, 2.05) is 25.1 Å². The van der Waals surface area contributed by atoms with Crippen molar-refractivity contribution in [1.82, 2.24) is 4.98 Å². The summed E-state index contributed by atoms with van der Waals surface area (Å²) < 4.78 is 0.864. The molecule has 0 fully saturated rings. The normalized spacial score (nSPS) is 10.6. The molecule has 1 aromatic carbocycles. The molecule has 2 aromatic rings. The lowest BCUT2D eigenvalue weighted by Crippen LogP contribution is -1.85. The van der Waals surface area contributed by atoms with Gasteiger partial charge >= 0.3 is 0 Å². The Bertz CT molecular complexity index is 468. The van der Waals surface area contributed by atoms with Gasteiger partial charge in [0.15, 0.2) is 0 Å². The van der Waals surface area contributed by atoms with Crippen LogP contribution in [0.1, 0.15) is 5.69 Å². The van der Waals surface area contributed by atoms with Crippen LogP contribution in [0.3, 0.4) is 0 Å². The van der Waals surface area contributed by atoms with E-state index >= 15 is 0 Å². The minimum Gasteiger partial charge on any atom is -0.507 e. The summed E-state index contributed by atoms with van der Waals surface area (Å²) >= 11 is 2.12. The maximum Gasteiger partial charge on any atom is 0.129 e. The number of phenols is 1. The molecular formula is C10H8INO. The van der Waals surface area contributed by atoms with Crippen LogP contribution in [-0.4, -0.2) is 10.1 Å². The van der Waals surface area contributed by atoms with Crippen LogP contribution in [0.15, 0.2) is 24.3 Å². The Hall–Kier alpha value is -0.840. The molecule has 0 saturated heterocycles. The zero-order valence-corrected chi connectivity index (χ0v) is 9.24. The molecule has 2 nitrogen and oxygen atoms in total. The van der Waals surface area contributed by atoms with E-state index in [1.165, 1.54) is 0 Å². The number of aryl methyl sites for hydroxylation is 1. The Morgan fingerprint density at radius 1 is 1.23 bits per heavy atom. The van der Waals surface area contributed by atoms with Gasteiger partial charge in [0.1, 0.15) is 5.75 Å². The van der Waals surface area contributed by atoms with E-state index in [1.54, 1.807) is 6.07 Å². The number of pyridine rings is 1. The van der Waals surface area contributed by atoms with Gasteiger partial charge in [-0.25, -0.2) is 0 Å². The number of aromatic nitrogens is 1. The fourth-order valence-electron chi connectivity index (χ4n) is 1.26. The average Bonchev–Trinajstić information content (AvgIpc) is 2.12. The number of hydrogen-bond acceptors (Lipinski definition) is 2. The lowest BCUT2D eigenvalue weighted by molar-refractivity contribution is 0.472. The molecule has 0 unspecified atom stereocenters. The quantitative estimate of drug-likeness (QED) is 0.755. The van der Waals surface area contributed by atoms with Crippen LogP contribution in [0.2, 0.25) is 0 Å². The summed E-state index contributed by atoms with van der Waals surface area (Å²) in [7, 11) is 0. The third-order valence-electron chi connectivity index (χ3n) is 1.92. The summed E-state index contributed by atoms with van der Waals surface area (Å²) in [6.07, 6.45) is 0. The number of hydrogen-bond donors (Lipinski definition) is 1. The minimum absolute atomic E-state index is 0.318. The van der Waals surface area contributed by atoms with Crippen LogP contribution in [0.5, 0.6) is 5.75 Å². The molecule has 0 aliphatic rings. The van der Waals surface area contributed by atoms with Crippen molar-refractivity contribution in [3.63, 3.8) is 0 Å². The first kappa shape index (κ1) is 8.74. The maximum atomic E-state index is 9.45. The molecule has 0 saturated carbocycles. The second-order valence-corrected chi connectivity index (χ2v) is 4.00. The summed E-state index contributed by atoms with van der Waals surface area (Å²) in [6.45, 7) is 1.96. The van der Waals surface area contributed by atoms with E-state index < -0.39 is 0 Å². The third kappa shape index (κ3) is 1.48. The Kier molecular flexibility index (Phi) is 2.11. The van der Waals surface area contributed by atoms with E-state index in [-0.39, 0.29) is 0 Å². The topological polar surface area (TPSA) is 33.1 Å². The lowest BCUT2D eigenvalue weighted by atomic mass is 10.2. The van der Waals surface area contributed by atoms with Crippen LogP contribution in [0.4, 0.5) is 0 Å². The molecule has 0 aliphatic carbocycles. The van der Waals surface area contributed by atoms with Crippen molar-refractivity contribution in [3.05, 3.63) is 33.5 Å². The predicted molar refractivity (Wildman–Crippen MR) is 60.9 cm³/mol. The highest BCUT2D eigenvalue weighted by Crippen LogP contribution is 2.27. The van der Waals surface area contributed by atoms with Crippen LogP contribution >= 0.6 is 22.6 Å². The largest absolute Gasteiger partial charge is 0.507 e. The van der Waals surface area contributed by atoms with Crippen molar-refractivity contribution < 1.29 is 5.11 Å². The van der Waals surface area contributed by atoms with Gasteiger partial charge in [0, 0.05) is 11.1 Å². The maximum absolute atomic E-state index is 9.45. The highest BCUT2D eigenvalue weighted by molar-refractivity contribution is 14.1. The monoisotopic (exact) mass is 285 g/mol. The number of nitrogens with zero attached hydrogens (tertiary/aromatic N) is 1. The number of fused-ring (bicyclic) bond motifs is 1. The second kappa shape index (κ2) is 3.14. The second-order valence-electron chi connectivity index (χ2n) is 2.92. The van der Waals surface area contributed by atoms with E-state index in [0.717, 1.165) is 20.2 Å². The van der Waals surface area contributed by atoms with Gasteiger partial charge in [0.2, 0.25) is 0 Å². The SMILES string of the molecule is Cc1ccc2c(I)c(O)ccc2n1. The number of rotatable bonds is 0. The highest BCUT2D eigenvalue weighted by atomic mass is 127. The molecule has 66 valence electrons. The van der Waals surface area contributed by atoms with Crippen LogP contribution in [0.25, 0.3) is 10.9 Å². The zero-order chi connectivity index (χ0) is 9.42. The molecular weight excluding hydrogens is 277 g/mol. The van der Waals surface area contributed by atoms with Crippen molar-refractivity contribution in [2.75, 3.05) is 0 Å². The van der Waals surface area contributed by atoms with E-state index in [0.29, 0.717) is 5.75 Å². The van der Waals surface area contributed by atoms with Gasteiger partial charge in [0.05, 0.1) is 9.09 Å². The smallest absolute Gasteiger partial charge is 0.129 e. The standard InChI is InChI=1S/C10H8INO/c1-6-2-3-7-8(12-6)4-5-9(13)10(7)11/h2-5,13H,1H3. The molecule has 0 aliphatic heterocycles. The molecule has 1 heterocycles. The predicted octanol–water partition coefficient (Wildman–Crippen LogP) is 2.85. The average molecular weight is 285 g/mol. The van der Waals surface area contributed by atoms with Gasteiger partial charge in [-0.15, -0.1) is 0 Å². The molecule has 0 amide bonds. The zero-order valence-electron chi connectivity index (χ0n) is 7.08. The first-order chi connectivity index (χ1) is 6.18. The molecule has 3 heteroatoms. The van der Waals surface area contributed by atoms with Crippen LogP contribution in [-0.2, 0) is 0 Å². The Morgan fingerprint density at radius 3 is 2.77 bits per heavy atom. The first-order valence-electron chi connectivity index (χ1n) is 3.93. The van der Waals surface area contributed by atoms with E-state index in [2.05, 4.69) is 27.6 Å². The number of benzene rings is 1. The lowest BCUT2D eigenvalue weighted by Gasteiger charge is -2.02. The van der Waals surface area contributed by atoms with Gasteiger partial charge in [-0.3, -0.25) is 4.98 Å². The molecule has 1 N–H and O–H groups in total. The Morgan fingerprint density at radius 2 is 2.00 bits per heavy atom. The van der Waals surface area contributed by atoms with Gasteiger partial charge in [-0.1, -0.05) is 0 Å². The van der Waals surface area contributed by atoms with Crippen molar-refractivity contribution in [3.8, 4) is 5.75 Å². The molecule has 13 heavy (non-hydrogen) atoms. The van der Waals surface area contributed by atoms with Gasteiger partial charge in [-0.2, -0.15) is 0 Å². The summed E-state index contributed by atoms with van der Waals surface area (Å²) in [5, 5.41) is 10.5. The third-order valence-corrected chi connectivity index (χ3v) is 3.06. The fourth-order valence-corrected chi connectivity index (χ4v) is 1.89. The van der Waals surface area contributed by atoms with Crippen molar-refractivity contribution in [2.45, 2.75) is 6.92 Å². The van der Waals surface area contributed by atoms with E-state index in [4.69, 9.17) is 0 Å². The summed E-state index contributed by atoms with van der Waals surface area (Å²) in [5.41, 5.74) is 1.93. The highest BCUT2D eigenvalue weighted by Gasteiger charge is 2.03.